The zero-order chi connectivity index (χ0) is 17.5. The van der Waals surface area contributed by atoms with Crippen molar-refractivity contribution in [2.75, 3.05) is 25.6 Å². The zero-order valence-corrected chi connectivity index (χ0v) is 15.0. The van der Waals surface area contributed by atoms with Gasteiger partial charge in [-0.25, -0.2) is 4.98 Å². The Morgan fingerprint density at radius 1 is 1.04 bits per heavy atom. The van der Waals surface area contributed by atoms with Gasteiger partial charge in [0.25, 0.3) is 0 Å². The predicted octanol–water partition coefficient (Wildman–Crippen LogP) is 3.60. The summed E-state index contributed by atoms with van der Waals surface area (Å²) in [5.74, 6) is 2.46. The molecule has 0 radical (unpaired) electrons. The number of aromatic nitrogens is 2. The van der Waals surface area contributed by atoms with Crippen LogP contribution in [0.3, 0.4) is 0 Å². The van der Waals surface area contributed by atoms with Gasteiger partial charge in [0.05, 0.1) is 30.9 Å². The molecular formula is C19H22N2O3S. The molecule has 0 aliphatic rings. The third-order valence-corrected chi connectivity index (χ3v) is 4.60. The smallest absolute Gasteiger partial charge is 0.169 e. The van der Waals surface area contributed by atoms with E-state index in [1.165, 1.54) is 0 Å². The molecule has 1 N–H and O–H groups in total. The van der Waals surface area contributed by atoms with Crippen LogP contribution in [0.25, 0.3) is 11.0 Å². The average molecular weight is 358 g/mol. The first-order valence-corrected chi connectivity index (χ1v) is 9.35. The fraction of sp³-hybridized carbons (Fsp3) is 0.316. The Hall–Kier alpha value is -2.18. The van der Waals surface area contributed by atoms with Crippen molar-refractivity contribution >= 4 is 22.8 Å². The van der Waals surface area contributed by atoms with Crippen molar-refractivity contribution in [2.45, 2.75) is 18.6 Å². The fourth-order valence-corrected chi connectivity index (χ4v) is 3.43. The maximum absolute atomic E-state index is 9.31. The summed E-state index contributed by atoms with van der Waals surface area (Å²) in [7, 11) is 0. The van der Waals surface area contributed by atoms with Crippen molar-refractivity contribution in [1.29, 1.82) is 0 Å². The normalized spacial score (nSPS) is 11.0. The number of fused-ring (bicyclic) bond motifs is 1. The van der Waals surface area contributed by atoms with E-state index in [9.17, 15) is 5.11 Å². The maximum atomic E-state index is 9.31. The van der Waals surface area contributed by atoms with Gasteiger partial charge in [0.1, 0.15) is 11.5 Å². The van der Waals surface area contributed by atoms with Gasteiger partial charge in [0.15, 0.2) is 5.16 Å². The van der Waals surface area contributed by atoms with Gasteiger partial charge in [-0.15, -0.1) is 0 Å². The third-order valence-electron chi connectivity index (χ3n) is 3.66. The molecule has 25 heavy (non-hydrogen) atoms. The Kier molecular flexibility index (Phi) is 6.19. The average Bonchev–Trinajstić information content (AvgIpc) is 2.98. The molecule has 3 rings (SSSR count). The molecule has 132 valence electrons. The van der Waals surface area contributed by atoms with Gasteiger partial charge in [-0.3, -0.25) is 0 Å². The molecule has 0 aliphatic carbocycles. The van der Waals surface area contributed by atoms with Gasteiger partial charge in [-0.2, -0.15) is 0 Å². The van der Waals surface area contributed by atoms with Gasteiger partial charge < -0.3 is 19.1 Å². The van der Waals surface area contributed by atoms with Crippen molar-refractivity contribution in [1.82, 2.24) is 9.55 Å². The highest BCUT2D eigenvalue weighted by Crippen LogP contribution is 2.24. The molecule has 5 nitrogen and oxygen atoms in total. The molecule has 0 amide bonds. The number of hydrogen-bond acceptors (Lipinski definition) is 5. The van der Waals surface area contributed by atoms with Crippen LogP contribution < -0.4 is 9.47 Å². The van der Waals surface area contributed by atoms with E-state index in [-0.39, 0.29) is 6.61 Å². The van der Waals surface area contributed by atoms with E-state index in [1.54, 1.807) is 11.8 Å². The third kappa shape index (κ3) is 4.46. The molecular weight excluding hydrogens is 336 g/mol. The van der Waals surface area contributed by atoms with Crippen molar-refractivity contribution in [3.05, 3.63) is 48.5 Å². The molecule has 0 atom stereocenters. The Morgan fingerprint density at radius 2 is 1.76 bits per heavy atom. The number of benzene rings is 2. The highest BCUT2D eigenvalue weighted by atomic mass is 32.2. The molecule has 0 saturated heterocycles. The number of thioether (sulfide) groups is 1. The van der Waals surface area contributed by atoms with Crippen LogP contribution in [0.1, 0.15) is 6.92 Å². The first-order chi connectivity index (χ1) is 12.3. The van der Waals surface area contributed by atoms with Crippen LogP contribution in [-0.4, -0.2) is 40.2 Å². The van der Waals surface area contributed by atoms with Crippen LogP contribution in [0.2, 0.25) is 0 Å². The maximum Gasteiger partial charge on any atom is 0.169 e. The van der Waals surface area contributed by atoms with Gasteiger partial charge in [-0.05, 0) is 43.3 Å². The second kappa shape index (κ2) is 8.78. The summed E-state index contributed by atoms with van der Waals surface area (Å²) in [6, 6.07) is 15.6. The Labute approximate surface area is 151 Å². The van der Waals surface area contributed by atoms with E-state index < -0.39 is 0 Å². The van der Waals surface area contributed by atoms with Gasteiger partial charge in [0.2, 0.25) is 0 Å². The Morgan fingerprint density at radius 3 is 2.48 bits per heavy atom. The molecule has 2 aromatic carbocycles. The number of nitrogens with zero attached hydrogens (tertiary/aromatic N) is 2. The van der Waals surface area contributed by atoms with Crippen LogP contribution >= 0.6 is 11.8 Å². The fourth-order valence-electron chi connectivity index (χ4n) is 2.57. The number of hydrogen-bond donors (Lipinski definition) is 1. The lowest BCUT2D eigenvalue weighted by Gasteiger charge is -2.09. The van der Waals surface area contributed by atoms with Crippen LogP contribution in [0, 0.1) is 0 Å². The van der Waals surface area contributed by atoms with E-state index in [0.717, 1.165) is 33.4 Å². The molecule has 3 aromatic rings. The van der Waals surface area contributed by atoms with Crippen LogP contribution in [-0.2, 0) is 6.54 Å². The summed E-state index contributed by atoms with van der Waals surface area (Å²) in [4.78, 5) is 4.65. The topological polar surface area (TPSA) is 56.5 Å². The van der Waals surface area contributed by atoms with E-state index >= 15 is 0 Å². The van der Waals surface area contributed by atoms with E-state index in [2.05, 4.69) is 9.55 Å². The highest BCUT2D eigenvalue weighted by Gasteiger charge is 2.10. The molecule has 0 bridgehead atoms. The number of para-hydroxylation sites is 2. The quantitative estimate of drug-likeness (QED) is 0.468. The standard InChI is InChI=1S/C19H22N2O3S/c1-2-23-15-7-9-16(10-8-15)24-13-14-25-19-20-17-5-3-4-6-18(17)21(19)11-12-22/h3-10,22H,2,11-14H2,1H3. The second-order valence-electron chi connectivity index (χ2n) is 5.36. The molecule has 0 unspecified atom stereocenters. The van der Waals surface area contributed by atoms with Gasteiger partial charge in [-0.1, -0.05) is 23.9 Å². The minimum Gasteiger partial charge on any atom is -0.494 e. The number of aliphatic hydroxyl groups excluding tert-OH is 1. The van der Waals surface area contributed by atoms with E-state index in [0.29, 0.717) is 19.8 Å². The van der Waals surface area contributed by atoms with E-state index in [1.807, 2.05) is 55.5 Å². The highest BCUT2D eigenvalue weighted by molar-refractivity contribution is 7.99. The minimum atomic E-state index is 0.0938. The van der Waals surface area contributed by atoms with Crippen molar-refractivity contribution in [2.24, 2.45) is 0 Å². The molecule has 6 heteroatoms. The molecule has 1 heterocycles. The first-order valence-electron chi connectivity index (χ1n) is 8.36. The Bertz CT molecular complexity index is 802. The van der Waals surface area contributed by atoms with Crippen molar-refractivity contribution in [3.8, 4) is 11.5 Å². The van der Waals surface area contributed by atoms with Crippen LogP contribution in [0.4, 0.5) is 0 Å². The first kappa shape index (κ1) is 17.6. The van der Waals surface area contributed by atoms with Crippen molar-refractivity contribution in [3.63, 3.8) is 0 Å². The van der Waals surface area contributed by atoms with Crippen LogP contribution in [0.5, 0.6) is 11.5 Å². The predicted molar refractivity (Wildman–Crippen MR) is 101 cm³/mol. The molecule has 0 spiro atoms. The monoisotopic (exact) mass is 358 g/mol. The lowest BCUT2D eigenvalue weighted by Crippen LogP contribution is -2.05. The zero-order valence-electron chi connectivity index (χ0n) is 14.2. The Balaban J connectivity index is 1.56. The van der Waals surface area contributed by atoms with Crippen molar-refractivity contribution < 1.29 is 14.6 Å². The summed E-state index contributed by atoms with van der Waals surface area (Å²) < 4.78 is 13.2. The summed E-state index contributed by atoms with van der Waals surface area (Å²) in [6.45, 7) is 3.84. The molecule has 0 aliphatic heterocycles. The SMILES string of the molecule is CCOc1ccc(OCCSc2nc3ccccc3n2CCO)cc1. The lowest BCUT2D eigenvalue weighted by atomic mass is 10.3. The molecule has 0 saturated carbocycles. The molecule has 1 aromatic heterocycles. The van der Waals surface area contributed by atoms with Gasteiger partial charge >= 0.3 is 0 Å². The minimum absolute atomic E-state index is 0.0938. The summed E-state index contributed by atoms with van der Waals surface area (Å²) >= 11 is 1.63. The van der Waals surface area contributed by atoms with E-state index in [4.69, 9.17) is 9.47 Å². The summed E-state index contributed by atoms with van der Waals surface area (Å²) in [5.41, 5.74) is 2.00. The lowest BCUT2D eigenvalue weighted by molar-refractivity contribution is 0.273. The van der Waals surface area contributed by atoms with Gasteiger partial charge in [0, 0.05) is 12.3 Å². The molecule has 0 fully saturated rings. The second-order valence-corrected chi connectivity index (χ2v) is 6.42. The number of aliphatic hydroxyl groups is 1. The number of ether oxygens (including phenoxy) is 2. The number of rotatable bonds is 9. The largest absolute Gasteiger partial charge is 0.494 e. The summed E-state index contributed by atoms with van der Waals surface area (Å²) in [5, 5.41) is 10.2. The number of imidazole rings is 1. The summed E-state index contributed by atoms with van der Waals surface area (Å²) in [6.07, 6.45) is 0. The van der Waals surface area contributed by atoms with Crippen LogP contribution in [0.15, 0.2) is 53.7 Å².